The quantitative estimate of drug-likeness (QED) is 0.763. The fourth-order valence-electron chi connectivity index (χ4n) is 1.78. The number of nitrogens with one attached hydrogen (secondary N) is 1. The molecule has 0 amide bonds. The Morgan fingerprint density at radius 3 is 2.50 bits per heavy atom. The van der Waals surface area contributed by atoms with Crippen LogP contribution in [0, 0.1) is 0 Å². The molecule has 0 aliphatic carbocycles. The van der Waals surface area contributed by atoms with Crippen molar-refractivity contribution in [3.63, 3.8) is 0 Å². The molecule has 3 rings (SSSR count). The topological polar surface area (TPSA) is 51.0 Å². The first-order chi connectivity index (χ1) is 8.86. The lowest BCUT2D eigenvalue weighted by Crippen LogP contribution is -1.81. The summed E-state index contributed by atoms with van der Waals surface area (Å²) < 4.78 is 10.9. The molecule has 18 heavy (non-hydrogen) atoms. The van der Waals surface area contributed by atoms with E-state index in [1.807, 2.05) is 36.4 Å². The molecule has 0 unspecified atom stereocenters. The summed E-state index contributed by atoms with van der Waals surface area (Å²) in [6.07, 6.45) is 3.47. The first kappa shape index (κ1) is 10.7. The Hall–Kier alpha value is -2.49. The highest BCUT2D eigenvalue weighted by Gasteiger charge is 2.08. The van der Waals surface area contributed by atoms with Gasteiger partial charge in [0, 0.05) is 18.0 Å². The van der Waals surface area contributed by atoms with E-state index in [4.69, 9.17) is 9.15 Å². The van der Waals surface area contributed by atoms with Crippen LogP contribution in [0.15, 0.2) is 53.2 Å². The molecule has 3 aromatic rings. The zero-order valence-electron chi connectivity index (χ0n) is 9.88. The average Bonchev–Trinajstić information content (AvgIpc) is 3.09. The van der Waals surface area contributed by atoms with Crippen molar-refractivity contribution in [1.82, 2.24) is 9.97 Å². The number of rotatable bonds is 3. The van der Waals surface area contributed by atoms with E-state index in [2.05, 4.69) is 9.97 Å². The van der Waals surface area contributed by atoms with Crippen LogP contribution in [-0.2, 0) is 0 Å². The Morgan fingerprint density at radius 1 is 1.06 bits per heavy atom. The van der Waals surface area contributed by atoms with Crippen molar-refractivity contribution in [2.75, 3.05) is 7.11 Å². The van der Waals surface area contributed by atoms with Crippen LogP contribution in [0.1, 0.15) is 0 Å². The van der Waals surface area contributed by atoms with Gasteiger partial charge in [0.1, 0.15) is 11.5 Å². The largest absolute Gasteiger partial charge is 0.497 e. The molecule has 0 fully saturated rings. The van der Waals surface area contributed by atoms with E-state index in [1.165, 1.54) is 0 Å². The van der Waals surface area contributed by atoms with Crippen LogP contribution < -0.4 is 4.74 Å². The van der Waals surface area contributed by atoms with Gasteiger partial charge in [-0.15, -0.1) is 0 Å². The van der Waals surface area contributed by atoms with Crippen LogP contribution in [0.4, 0.5) is 0 Å². The molecule has 4 nitrogen and oxygen atoms in total. The second-order valence-corrected chi connectivity index (χ2v) is 3.83. The van der Waals surface area contributed by atoms with Crippen molar-refractivity contribution in [3.8, 4) is 28.7 Å². The van der Waals surface area contributed by atoms with Crippen molar-refractivity contribution >= 4 is 0 Å². The zero-order chi connectivity index (χ0) is 12.4. The van der Waals surface area contributed by atoms with E-state index in [1.54, 1.807) is 19.5 Å². The second-order valence-electron chi connectivity index (χ2n) is 3.83. The third-order valence-electron chi connectivity index (χ3n) is 2.71. The maximum atomic E-state index is 5.75. The van der Waals surface area contributed by atoms with Crippen LogP contribution in [0.5, 0.6) is 5.75 Å². The van der Waals surface area contributed by atoms with Gasteiger partial charge in [0.25, 0.3) is 0 Å². The van der Waals surface area contributed by atoms with Crippen molar-refractivity contribution in [2.45, 2.75) is 0 Å². The lowest BCUT2D eigenvalue weighted by Gasteiger charge is -2.00. The van der Waals surface area contributed by atoms with Gasteiger partial charge in [0.2, 0.25) is 0 Å². The van der Waals surface area contributed by atoms with Crippen LogP contribution in [-0.4, -0.2) is 17.1 Å². The number of methoxy groups -OCH3 is 1. The van der Waals surface area contributed by atoms with Crippen LogP contribution in [0.25, 0.3) is 22.9 Å². The summed E-state index contributed by atoms with van der Waals surface area (Å²) in [5, 5.41) is 0. The fraction of sp³-hybridized carbons (Fsp3) is 0.0714. The van der Waals surface area contributed by atoms with Gasteiger partial charge in [-0.1, -0.05) is 0 Å². The molecule has 1 N–H and O–H groups in total. The molecular formula is C14H12N2O2. The highest BCUT2D eigenvalue weighted by molar-refractivity contribution is 5.62. The van der Waals surface area contributed by atoms with Crippen molar-refractivity contribution in [2.24, 2.45) is 0 Å². The third-order valence-corrected chi connectivity index (χ3v) is 2.71. The first-order valence-electron chi connectivity index (χ1n) is 5.61. The molecule has 0 saturated carbocycles. The number of H-pyrrole nitrogens is 1. The predicted octanol–water partition coefficient (Wildman–Crippen LogP) is 3.35. The Morgan fingerprint density at radius 2 is 1.83 bits per heavy atom. The third kappa shape index (κ3) is 1.88. The zero-order valence-corrected chi connectivity index (χ0v) is 9.88. The minimum atomic E-state index is 0.728. The van der Waals surface area contributed by atoms with Gasteiger partial charge in [0.05, 0.1) is 7.11 Å². The number of benzene rings is 1. The van der Waals surface area contributed by atoms with Gasteiger partial charge in [-0.3, -0.25) is 0 Å². The molecule has 0 aliphatic heterocycles. The predicted molar refractivity (Wildman–Crippen MR) is 68.3 cm³/mol. The maximum Gasteiger partial charge on any atom is 0.173 e. The highest BCUT2D eigenvalue weighted by atomic mass is 16.5. The molecule has 0 spiro atoms. The second kappa shape index (κ2) is 4.41. The number of hydrogen-bond acceptors (Lipinski definition) is 3. The molecule has 0 saturated heterocycles. The van der Waals surface area contributed by atoms with Gasteiger partial charge >= 0.3 is 0 Å². The Bertz CT molecular complexity index is 624. The van der Waals surface area contributed by atoms with E-state index < -0.39 is 0 Å². The molecule has 0 bridgehead atoms. The molecular weight excluding hydrogens is 228 g/mol. The van der Waals surface area contributed by atoms with Gasteiger partial charge < -0.3 is 14.1 Å². The minimum Gasteiger partial charge on any atom is -0.497 e. The molecule has 1 aromatic carbocycles. The summed E-state index contributed by atoms with van der Waals surface area (Å²) in [6, 6.07) is 11.6. The summed E-state index contributed by atoms with van der Waals surface area (Å²) in [7, 11) is 1.65. The van der Waals surface area contributed by atoms with Crippen LogP contribution in [0.2, 0.25) is 0 Å². The van der Waals surface area contributed by atoms with E-state index in [0.29, 0.717) is 0 Å². The number of aromatic amines is 1. The Labute approximate surface area is 104 Å². The SMILES string of the molecule is COc1ccc(-c2ccc(-c3ncc[nH]3)o2)cc1. The number of imidazole rings is 1. The number of hydrogen-bond donors (Lipinski definition) is 1. The van der Waals surface area contributed by atoms with Crippen molar-refractivity contribution in [3.05, 3.63) is 48.8 Å². The van der Waals surface area contributed by atoms with E-state index in [0.717, 1.165) is 28.7 Å². The van der Waals surface area contributed by atoms with Crippen molar-refractivity contribution in [1.29, 1.82) is 0 Å². The van der Waals surface area contributed by atoms with E-state index in [9.17, 15) is 0 Å². The van der Waals surface area contributed by atoms with Gasteiger partial charge in [-0.05, 0) is 36.4 Å². The summed E-state index contributed by atoms with van der Waals surface area (Å²) in [5.41, 5.74) is 1.01. The Balaban J connectivity index is 1.92. The smallest absolute Gasteiger partial charge is 0.173 e. The maximum absolute atomic E-state index is 5.75. The summed E-state index contributed by atoms with van der Waals surface area (Å²) in [6.45, 7) is 0. The molecule has 4 heteroatoms. The Kier molecular flexibility index (Phi) is 2.61. The number of furan rings is 1. The van der Waals surface area contributed by atoms with Gasteiger partial charge in [-0.25, -0.2) is 4.98 Å². The van der Waals surface area contributed by atoms with E-state index >= 15 is 0 Å². The summed E-state index contributed by atoms with van der Waals surface area (Å²) >= 11 is 0. The van der Waals surface area contributed by atoms with Crippen LogP contribution >= 0.6 is 0 Å². The fourth-order valence-corrected chi connectivity index (χ4v) is 1.78. The number of aromatic nitrogens is 2. The van der Waals surface area contributed by atoms with Crippen molar-refractivity contribution < 1.29 is 9.15 Å². The minimum absolute atomic E-state index is 0.728. The first-order valence-corrected chi connectivity index (χ1v) is 5.61. The highest BCUT2D eigenvalue weighted by Crippen LogP contribution is 2.27. The molecule has 2 aromatic heterocycles. The number of nitrogens with zero attached hydrogens (tertiary/aromatic N) is 1. The molecule has 0 aliphatic rings. The van der Waals surface area contributed by atoms with Gasteiger partial charge in [0.15, 0.2) is 11.6 Å². The molecule has 0 radical (unpaired) electrons. The molecule has 90 valence electrons. The van der Waals surface area contributed by atoms with Crippen LogP contribution in [0.3, 0.4) is 0 Å². The average molecular weight is 240 g/mol. The van der Waals surface area contributed by atoms with Gasteiger partial charge in [-0.2, -0.15) is 0 Å². The standard InChI is InChI=1S/C14H12N2O2/c1-17-11-4-2-10(3-5-11)12-6-7-13(18-12)14-15-8-9-16-14/h2-9H,1H3,(H,15,16). The summed E-state index contributed by atoms with van der Waals surface area (Å²) in [4.78, 5) is 7.16. The van der Waals surface area contributed by atoms with E-state index in [-0.39, 0.29) is 0 Å². The monoisotopic (exact) mass is 240 g/mol. The summed E-state index contributed by atoms with van der Waals surface area (Å²) in [5.74, 6) is 3.10. The lowest BCUT2D eigenvalue weighted by molar-refractivity contribution is 0.415. The molecule has 2 heterocycles. The molecule has 0 atom stereocenters. The normalized spacial score (nSPS) is 10.5. The lowest BCUT2D eigenvalue weighted by atomic mass is 10.2. The number of ether oxygens (including phenoxy) is 1.